The quantitative estimate of drug-likeness (QED) is 0.860. The summed E-state index contributed by atoms with van der Waals surface area (Å²) < 4.78 is 1.20. The lowest BCUT2D eigenvalue weighted by Crippen LogP contribution is -2.16. The Bertz CT molecular complexity index is 461. The Morgan fingerprint density at radius 3 is 2.75 bits per heavy atom. The van der Waals surface area contributed by atoms with Crippen LogP contribution in [-0.2, 0) is 6.54 Å². The molecule has 0 saturated carbocycles. The number of hydrogen-bond donors (Lipinski definition) is 1. The number of nitrogens with one attached hydrogen (secondary N) is 1. The van der Waals surface area contributed by atoms with E-state index in [2.05, 4.69) is 58.7 Å². The zero-order valence-electron chi connectivity index (χ0n) is 9.29. The van der Waals surface area contributed by atoms with E-state index < -0.39 is 0 Å². The van der Waals surface area contributed by atoms with E-state index in [-0.39, 0.29) is 0 Å². The fraction of sp³-hybridized carbons (Fsp3) is 0.333. The van der Waals surface area contributed by atoms with Gasteiger partial charge in [0.15, 0.2) is 0 Å². The lowest BCUT2D eigenvalue weighted by molar-refractivity contribution is 0.586. The largest absolute Gasteiger partial charge is 0.305 e. The van der Waals surface area contributed by atoms with Gasteiger partial charge in [0.1, 0.15) is 0 Å². The Balaban J connectivity index is 1.93. The van der Waals surface area contributed by atoms with Crippen LogP contribution < -0.4 is 5.32 Å². The summed E-state index contributed by atoms with van der Waals surface area (Å²) in [6.07, 6.45) is 0. The highest BCUT2D eigenvalue weighted by Crippen LogP contribution is 2.27. The molecule has 0 bridgehead atoms. The average molecular weight is 316 g/mol. The van der Waals surface area contributed by atoms with Crippen LogP contribution in [0.5, 0.6) is 0 Å². The van der Waals surface area contributed by atoms with Crippen molar-refractivity contribution in [3.63, 3.8) is 0 Å². The van der Waals surface area contributed by atoms with E-state index in [4.69, 9.17) is 0 Å². The van der Waals surface area contributed by atoms with Gasteiger partial charge in [-0.2, -0.15) is 0 Å². The maximum Gasteiger partial charge on any atom is 0.0701 e. The first kappa shape index (κ1) is 12.3. The van der Waals surface area contributed by atoms with Crippen molar-refractivity contribution in [3.8, 4) is 0 Å². The smallest absolute Gasteiger partial charge is 0.0701 e. The second-order valence-electron chi connectivity index (χ2n) is 3.77. The van der Waals surface area contributed by atoms with E-state index in [1.807, 2.05) is 11.3 Å². The van der Waals surface area contributed by atoms with Gasteiger partial charge in [0.2, 0.25) is 0 Å². The third-order valence-corrected chi connectivity index (χ3v) is 5.39. The molecule has 1 unspecified atom stereocenters. The van der Waals surface area contributed by atoms with Crippen molar-refractivity contribution < 1.29 is 0 Å². The normalized spacial score (nSPS) is 12.9. The predicted octanol–water partition coefficient (Wildman–Crippen LogP) is 4.73. The summed E-state index contributed by atoms with van der Waals surface area (Å²) in [5.74, 6) is 0. The van der Waals surface area contributed by atoms with Crippen LogP contribution in [0.2, 0.25) is 0 Å². The van der Waals surface area contributed by atoms with Gasteiger partial charge in [-0.25, -0.2) is 0 Å². The molecule has 16 heavy (non-hydrogen) atoms. The fourth-order valence-electron chi connectivity index (χ4n) is 1.49. The topological polar surface area (TPSA) is 12.0 Å². The van der Waals surface area contributed by atoms with Crippen LogP contribution >= 0.6 is 38.6 Å². The summed E-state index contributed by atoms with van der Waals surface area (Å²) in [4.78, 5) is 2.81. The van der Waals surface area contributed by atoms with E-state index in [0.29, 0.717) is 6.04 Å². The van der Waals surface area contributed by atoms with Crippen molar-refractivity contribution in [1.82, 2.24) is 5.32 Å². The molecule has 1 atom stereocenters. The molecule has 2 aromatic heterocycles. The molecule has 4 heteroatoms. The van der Waals surface area contributed by atoms with Crippen LogP contribution in [0.25, 0.3) is 0 Å². The molecule has 0 aliphatic rings. The van der Waals surface area contributed by atoms with Crippen LogP contribution in [0, 0.1) is 6.92 Å². The van der Waals surface area contributed by atoms with Gasteiger partial charge in [0, 0.05) is 22.3 Å². The number of halogens is 1. The van der Waals surface area contributed by atoms with Crippen LogP contribution in [0.4, 0.5) is 0 Å². The lowest BCUT2D eigenvalue weighted by atomic mass is 10.2. The molecule has 0 aliphatic carbocycles. The molecule has 1 N–H and O–H groups in total. The van der Waals surface area contributed by atoms with Crippen molar-refractivity contribution in [2.75, 3.05) is 0 Å². The Morgan fingerprint density at radius 1 is 1.38 bits per heavy atom. The predicted molar refractivity (Wildman–Crippen MR) is 76.3 cm³/mol. The fourth-order valence-corrected chi connectivity index (χ4v) is 3.80. The Hall–Kier alpha value is -0.160. The molecule has 0 spiro atoms. The number of thiophene rings is 2. The molecule has 0 fully saturated rings. The van der Waals surface area contributed by atoms with Gasteiger partial charge in [-0.3, -0.25) is 0 Å². The van der Waals surface area contributed by atoms with Crippen molar-refractivity contribution in [3.05, 3.63) is 42.7 Å². The van der Waals surface area contributed by atoms with Crippen LogP contribution in [0.1, 0.15) is 28.3 Å². The summed E-state index contributed by atoms with van der Waals surface area (Å²) in [5, 5.41) is 5.71. The molecule has 0 radical (unpaired) electrons. The highest BCUT2D eigenvalue weighted by molar-refractivity contribution is 9.11. The van der Waals surface area contributed by atoms with Gasteiger partial charge >= 0.3 is 0 Å². The first-order valence-corrected chi connectivity index (χ1v) is 7.67. The van der Waals surface area contributed by atoms with Gasteiger partial charge in [-0.15, -0.1) is 22.7 Å². The zero-order valence-corrected chi connectivity index (χ0v) is 12.5. The minimum absolute atomic E-state index is 0.415. The van der Waals surface area contributed by atoms with E-state index in [0.717, 1.165) is 6.54 Å². The van der Waals surface area contributed by atoms with Crippen molar-refractivity contribution in [1.29, 1.82) is 0 Å². The zero-order chi connectivity index (χ0) is 11.5. The molecule has 0 saturated heterocycles. The Morgan fingerprint density at radius 2 is 2.19 bits per heavy atom. The molecular weight excluding hydrogens is 302 g/mol. The summed E-state index contributed by atoms with van der Waals surface area (Å²) in [6.45, 7) is 5.33. The molecule has 0 aliphatic heterocycles. The average Bonchev–Trinajstić information content (AvgIpc) is 2.84. The first-order chi connectivity index (χ1) is 7.66. The van der Waals surface area contributed by atoms with Gasteiger partial charge in [0.25, 0.3) is 0 Å². The van der Waals surface area contributed by atoms with Crippen molar-refractivity contribution >= 4 is 38.6 Å². The van der Waals surface area contributed by atoms with Crippen molar-refractivity contribution in [2.24, 2.45) is 0 Å². The third-order valence-electron chi connectivity index (χ3n) is 2.56. The molecule has 86 valence electrons. The number of hydrogen-bond acceptors (Lipinski definition) is 3. The minimum Gasteiger partial charge on any atom is -0.305 e. The van der Waals surface area contributed by atoms with Gasteiger partial charge in [0.05, 0.1) is 3.79 Å². The van der Waals surface area contributed by atoms with E-state index in [9.17, 15) is 0 Å². The molecular formula is C12H14BrNS2. The molecule has 0 amide bonds. The van der Waals surface area contributed by atoms with Gasteiger partial charge in [-0.1, -0.05) is 0 Å². The highest BCUT2D eigenvalue weighted by Gasteiger charge is 2.08. The van der Waals surface area contributed by atoms with Gasteiger partial charge in [-0.05, 0) is 58.9 Å². The Kier molecular flexibility index (Phi) is 4.19. The first-order valence-electron chi connectivity index (χ1n) is 5.18. The summed E-state index contributed by atoms with van der Waals surface area (Å²) >= 11 is 7.11. The number of aryl methyl sites for hydroxylation is 1. The maximum absolute atomic E-state index is 3.56. The van der Waals surface area contributed by atoms with Gasteiger partial charge < -0.3 is 5.32 Å². The third kappa shape index (κ3) is 2.94. The molecule has 0 aromatic carbocycles. The SMILES string of the molecule is Cc1ccsc1CNC(C)c1ccc(Br)s1. The molecule has 2 rings (SSSR count). The molecule has 1 nitrogen and oxygen atoms in total. The summed E-state index contributed by atoms with van der Waals surface area (Å²) in [7, 11) is 0. The van der Waals surface area contributed by atoms with E-state index in [1.54, 1.807) is 11.3 Å². The molecule has 2 aromatic rings. The van der Waals surface area contributed by atoms with E-state index >= 15 is 0 Å². The van der Waals surface area contributed by atoms with Crippen LogP contribution in [0.3, 0.4) is 0 Å². The van der Waals surface area contributed by atoms with E-state index in [1.165, 1.54) is 19.1 Å². The van der Waals surface area contributed by atoms with Crippen LogP contribution in [0.15, 0.2) is 27.4 Å². The highest BCUT2D eigenvalue weighted by atomic mass is 79.9. The van der Waals surface area contributed by atoms with Crippen LogP contribution in [-0.4, -0.2) is 0 Å². The second kappa shape index (κ2) is 5.45. The second-order valence-corrected chi connectivity index (χ2v) is 7.27. The summed E-state index contributed by atoms with van der Waals surface area (Å²) in [6, 6.07) is 6.87. The maximum atomic E-state index is 3.56. The Labute approximate surface area is 113 Å². The molecule has 2 heterocycles. The minimum atomic E-state index is 0.415. The lowest BCUT2D eigenvalue weighted by Gasteiger charge is -2.11. The van der Waals surface area contributed by atoms with Crippen molar-refractivity contribution in [2.45, 2.75) is 26.4 Å². The standard InChI is InChI=1S/C12H14BrNS2/c1-8-5-6-15-11(8)7-14-9(2)10-3-4-12(13)16-10/h3-6,9,14H,7H2,1-2H3. The monoisotopic (exact) mass is 315 g/mol. The number of rotatable bonds is 4. The summed E-state index contributed by atoms with van der Waals surface area (Å²) in [5.41, 5.74) is 1.39.